The summed E-state index contributed by atoms with van der Waals surface area (Å²) in [4.78, 5) is 23.6. The number of anilines is 2. The number of methoxy groups -OCH3 is 3. The molecule has 138 valence electrons. The molecule has 0 aromatic heterocycles. The Bertz CT molecular complexity index is 779. The van der Waals surface area contributed by atoms with Crippen molar-refractivity contribution in [2.75, 3.05) is 38.5 Å². The van der Waals surface area contributed by atoms with Crippen LogP contribution < -0.4 is 24.8 Å². The smallest absolute Gasteiger partial charge is 0.243 e. The minimum absolute atomic E-state index is 0.0307. The minimum atomic E-state index is -0.251. The fraction of sp³-hybridized carbons (Fsp3) is 0.263. The molecule has 2 aromatic carbocycles. The van der Waals surface area contributed by atoms with Crippen LogP contribution in [-0.4, -0.2) is 39.6 Å². The van der Waals surface area contributed by atoms with Crippen LogP contribution in [0.4, 0.5) is 11.4 Å². The van der Waals surface area contributed by atoms with Crippen molar-refractivity contribution in [3.63, 3.8) is 0 Å². The number of ketones is 1. The molecule has 0 unspecified atom stereocenters. The Morgan fingerprint density at radius 2 is 1.58 bits per heavy atom. The predicted octanol–water partition coefficient (Wildman–Crippen LogP) is 2.97. The van der Waals surface area contributed by atoms with Gasteiger partial charge in [-0.2, -0.15) is 0 Å². The first-order valence-electron chi connectivity index (χ1n) is 7.93. The van der Waals surface area contributed by atoms with Crippen molar-refractivity contribution in [3.8, 4) is 17.2 Å². The summed E-state index contributed by atoms with van der Waals surface area (Å²) < 4.78 is 15.8. The second-order valence-electron chi connectivity index (χ2n) is 5.45. The maximum atomic E-state index is 12.2. The van der Waals surface area contributed by atoms with Crippen LogP contribution in [0.2, 0.25) is 0 Å². The molecule has 1 amide bonds. The second kappa shape index (κ2) is 8.75. The van der Waals surface area contributed by atoms with E-state index in [1.807, 2.05) is 0 Å². The van der Waals surface area contributed by atoms with Crippen molar-refractivity contribution in [2.45, 2.75) is 6.92 Å². The molecule has 0 aliphatic rings. The highest BCUT2D eigenvalue weighted by Gasteiger charge is 2.13. The number of hydrogen-bond acceptors (Lipinski definition) is 6. The van der Waals surface area contributed by atoms with Crippen molar-refractivity contribution < 1.29 is 23.8 Å². The lowest BCUT2D eigenvalue weighted by molar-refractivity contribution is -0.114. The van der Waals surface area contributed by atoms with Crippen molar-refractivity contribution in [1.82, 2.24) is 0 Å². The third-order valence-electron chi connectivity index (χ3n) is 3.67. The summed E-state index contributed by atoms with van der Waals surface area (Å²) in [5, 5.41) is 5.75. The van der Waals surface area contributed by atoms with Crippen molar-refractivity contribution in [2.24, 2.45) is 0 Å². The zero-order valence-electron chi connectivity index (χ0n) is 15.2. The van der Waals surface area contributed by atoms with Gasteiger partial charge in [0.1, 0.15) is 0 Å². The Morgan fingerprint density at radius 1 is 0.923 bits per heavy atom. The van der Waals surface area contributed by atoms with Gasteiger partial charge in [0.2, 0.25) is 11.7 Å². The predicted molar refractivity (Wildman–Crippen MR) is 99.7 cm³/mol. The second-order valence-corrected chi connectivity index (χ2v) is 5.45. The Labute approximate surface area is 152 Å². The quantitative estimate of drug-likeness (QED) is 0.706. The molecule has 0 atom stereocenters. The van der Waals surface area contributed by atoms with Gasteiger partial charge in [0.05, 0.1) is 27.9 Å². The Hall–Kier alpha value is -3.22. The van der Waals surface area contributed by atoms with Gasteiger partial charge in [0.25, 0.3) is 0 Å². The molecule has 0 aliphatic heterocycles. The SMILES string of the molecule is COc1cc(NCC(=O)Nc2cccc(C(C)=O)c2)cc(OC)c1OC. The van der Waals surface area contributed by atoms with Gasteiger partial charge in [0.15, 0.2) is 17.3 Å². The van der Waals surface area contributed by atoms with E-state index in [0.29, 0.717) is 34.2 Å². The molecule has 26 heavy (non-hydrogen) atoms. The lowest BCUT2D eigenvalue weighted by atomic mass is 10.1. The standard InChI is InChI=1S/C19H22N2O5/c1-12(22)13-6-5-7-14(8-13)21-18(23)11-20-15-9-16(24-2)19(26-4)17(10-15)25-3/h5-10,20H,11H2,1-4H3,(H,21,23). The maximum Gasteiger partial charge on any atom is 0.243 e. The molecule has 0 fully saturated rings. The lowest BCUT2D eigenvalue weighted by Gasteiger charge is -2.15. The zero-order valence-corrected chi connectivity index (χ0v) is 15.2. The van der Waals surface area contributed by atoms with Gasteiger partial charge in [-0.3, -0.25) is 9.59 Å². The van der Waals surface area contributed by atoms with Crippen LogP contribution in [0.15, 0.2) is 36.4 Å². The highest BCUT2D eigenvalue weighted by Crippen LogP contribution is 2.39. The highest BCUT2D eigenvalue weighted by molar-refractivity contribution is 5.98. The van der Waals surface area contributed by atoms with E-state index in [4.69, 9.17) is 14.2 Å². The van der Waals surface area contributed by atoms with Crippen LogP contribution >= 0.6 is 0 Å². The van der Waals surface area contributed by atoms with E-state index < -0.39 is 0 Å². The number of ether oxygens (including phenoxy) is 3. The van der Waals surface area contributed by atoms with E-state index in [1.54, 1.807) is 36.4 Å². The van der Waals surface area contributed by atoms with E-state index in [9.17, 15) is 9.59 Å². The van der Waals surface area contributed by atoms with Gasteiger partial charge in [0, 0.05) is 29.1 Å². The van der Waals surface area contributed by atoms with Crippen LogP contribution in [0.25, 0.3) is 0 Å². The van der Waals surface area contributed by atoms with Crippen molar-refractivity contribution >= 4 is 23.1 Å². The van der Waals surface area contributed by atoms with Crippen LogP contribution in [0.3, 0.4) is 0 Å². The Balaban J connectivity index is 2.05. The van der Waals surface area contributed by atoms with Gasteiger partial charge in [-0.05, 0) is 19.1 Å². The molecule has 0 bridgehead atoms. The fourth-order valence-electron chi connectivity index (χ4n) is 2.39. The topological polar surface area (TPSA) is 85.9 Å². The number of nitrogens with one attached hydrogen (secondary N) is 2. The molecule has 7 heteroatoms. The molecule has 0 spiro atoms. The van der Waals surface area contributed by atoms with Gasteiger partial charge in [-0.25, -0.2) is 0 Å². The van der Waals surface area contributed by atoms with Crippen molar-refractivity contribution in [3.05, 3.63) is 42.0 Å². The first-order valence-corrected chi connectivity index (χ1v) is 7.93. The highest BCUT2D eigenvalue weighted by atomic mass is 16.5. The monoisotopic (exact) mass is 358 g/mol. The summed E-state index contributed by atoms with van der Waals surface area (Å²) in [6.07, 6.45) is 0. The molecule has 0 saturated carbocycles. The zero-order chi connectivity index (χ0) is 19.1. The van der Waals surface area contributed by atoms with E-state index in [-0.39, 0.29) is 18.2 Å². The number of amides is 1. The first-order chi connectivity index (χ1) is 12.5. The average molecular weight is 358 g/mol. The number of carbonyl (C=O) groups is 2. The number of Topliss-reactive ketones (excluding diaryl/α,β-unsaturated/α-hetero) is 1. The molecule has 0 saturated heterocycles. The summed E-state index contributed by atoms with van der Waals surface area (Å²) in [5.41, 5.74) is 1.75. The molecule has 2 rings (SSSR count). The third-order valence-corrected chi connectivity index (χ3v) is 3.67. The van der Waals surface area contributed by atoms with Gasteiger partial charge < -0.3 is 24.8 Å². The summed E-state index contributed by atoms with van der Waals surface area (Å²) >= 11 is 0. The van der Waals surface area contributed by atoms with Crippen LogP contribution in [-0.2, 0) is 4.79 Å². The Morgan fingerprint density at radius 3 is 2.12 bits per heavy atom. The van der Waals surface area contributed by atoms with Crippen LogP contribution in [0.1, 0.15) is 17.3 Å². The van der Waals surface area contributed by atoms with E-state index in [0.717, 1.165) is 0 Å². The van der Waals surface area contributed by atoms with Gasteiger partial charge >= 0.3 is 0 Å². The van der Waals surface area contributed by atoms with E-state index in [2.05, 4.69) is 10.6 Å². The fourth-order valence-corrected chi connectivity index (χ4v) is 2.39. The third kappa shape index (κ3) is 4.66. The average Bonchev–Trinajstić information content (AvgIpc) is 2.65. The molecule has 0 heterocycles. The maximum absolute atomic E-state index is 12.2. The summed E-state index contributed by atoms with van der Waals surface area (Å²) in [7, 11) is 4.57. The normalized spacial score (nSPS) is 10.0. The molecule has 2 aromatic rings. The number of benzene rings is 2. The van der Waals surface area contributed by atoms with Crippen molar-refractivity contribution in [1.29, 1.82) is 0 Å². The number of carbonyl (C=O) groups excluding carboxylic acids is 2. The largest absolute Gasteiger partial charge is 0.493 e. The molecule has 2 N–H and O–H groups in total. The number of rotatable bonds is 8. The summed E-state index contributed by atoms with van der Waals surface area (Å²) in [6, 6.07) is 10.2. The molecular formula is C19H22N2O5. The lowest BCUT2D eigenvalue weighted by Crippen LogP contribution is -2.21. The van der Waals surface area contributed by atoms with Gasteiger partial charge in [-0.1, -0.05) is 12.1 Å². The molecular weight excluding hydrogens is 336 g/mol. The van der Waals surface area contributed by atoms with Crippen LogP contribution in [0.5, 0.6) is 17.2 Å². The first kappa shape index (κ1) is 19.1. The van der Waals surface area contributed by atoms with E-state index >= 15 is 0 Å². The molecule has 0 aliphatic carbocycles. The minimum Gasteiger partial charge on any atom is -0.493 e. The molecule has 7 nitrogen and oxygen atoms in total. The Kier molecular flexibility index (Phi) is 6.43. The van der Waals surface area contributed by atoms with Gasteiger partial charge in [-0.15, -0.1) is 0 Å². The number of hydrogen-bond donors (Lipinski definition) is 2. The summed E-state index contributed by atoms with van der Waals surface area (Å²) in [6.45, 7) is 1.51. The van der Waals surface area contributed by atoms with Crippen LogP contribution in [0, 0.1) is 0 Å². The van der Waals surface area contributed by atoms with E-state index in [1.165, 1.54) is 28.3 Å². The molecule has 0 radical (unpaired) electrons. The summed E-state index contributed by atoms with van der Waals surface area (Å²) in [5.74, 6) is 1.15.